The molecule has 0 radical (unpaired) electrons. The van der Waals surface area contributed by atoms with Crippen molar-refractivity contribution in [3.05, 3.63) is 53.2 Å². The second kappa shape index (κ2) is 9.96. The first kappa shape index (κ1) is 23.0. The van der Waals surface area contributed by atoms with E-state index < -0.39 is 11.7 Å². The molecule has 0 aliphatic heterocycles. The molecular weight excluding hydrogens is 377 g/mol. The summed E-state index contributed by atoms with van der Waals surface area (Å²) in [5.74, 6) is 0.684. The maximum Gasteiger partial charge on any atom is 0.416 e. The van der Waals surface area contributed by atoms with Gasteiger partial charge in [0.15, 0.2) is 0 Å². The van der Waals surface area contributed by atoms with E-state index in [2.05, 4.69) is 48.2 Å². The number of hydrogen-bond acceptors (Lipinski definition) is 4. The Labute approximate surface area is 171 Å². The SMILES string of the molecule is Cc1cc(C(F)(F)F)cc(NCCN(C(C)C)C(C)C)c1CNc1ccccn1. The summed E-state index contributed by atoms with van der Waals surface area (Å²) in [6.45, 7) is 11.9. The summed E-state index contributed by atoms with van der Waals surface area (Å²) in [4.78, 5) is 6.52. The van der Waals surface area contributed by atoms with Crippen LogP contribution in [-0.4, -0.2) is 35.1 Å². The number of halogens is 3. The number of aryl methyl sites for hydroxylation is 1. The third kappa shape index (κ3) is 6.63. The number of nitrogens with zero attached hydrogens (tertiary/aromatic N) is 2. The Kier molecular flexibility index (Phi) is 7.90. The molecule has 0 saturated heterocycles. The van der Waals surface area contributed by atoms with Gasteiger partial charge in [-0.25, -0.2) is 4.98 Å². The second-order valence-corrected chi connectivity index (χ2v) is 7.74. The molecule has 2 rings (SSSR count). The molecule has 1 aromatic carbocycles. The number of benzene rings is 1. The maximum absolute atomic E-state index is 13.3. The number of aromatic nitrogens is 1. The Morgan fingerprint density at radius 3 is 2.28 bits per heavy atom. The van der Waals surface area contributed by atoms with Crippen molar-refractivity contribution in [1.82, 2.24) is 9.88 Å². The van der Waals surface area contributed by atoms with Gasteiger partial charge in [-0.2, -0.15) is 13.2 Å². The van der Waals surface area contributed by atoms with Gasteiger partial charge in [-0.3, -0.25) is 4.90 Å². The molecule has 0 aliphatic carbocycles. The molecule has 0 spiro atoms. The van der Waals surface area contributed by atoms with Crippen LogP contribution in [0.4, 0.5) is 24.7 Å². The highest BCUT2D eigenvalue weighted by molar-refractivity contribution is 5.58. The van der Waals surface area contributed by atoms with Crippen LogP contribution in [0.25, 0.3) is 0 Å². The van der Waals surface area contributed by atoms with E-state index in [1.54, 1.807) is 13.1 Å². The summed E-state index contributed by atoms with van der Waals surface area (Å²) in [6, 6.07) is 8.65. The third-order valence-electron chi connectivity index (χ3n) is 4.92. The molecular formula is C22H31F3N4. The van der Waals surface area contributed by atoms with Crippen LogP contribution < -0.4 is 10.6 Å². The van der Waals surface area contributed by atoms with E-state index in [1.165, 1.54) is 12.1 Å². The van der Waals surface area contributed by atoms with Gasteiger partial charge in [0, 0.05) is 43.6 Å². The monoisotopic (exact) mass is 408 g/mol. The minimum atomic E-state index is -4.38. The zero-order valence-electron chi connectivity index (χ0n) is 17.8. The number of hydrogen-bond donors (Lipinski definition) is 2. The first-order valence-corrected chi connectivity index (χ1v) is 9.94. The minimum Gasteiger partial charge on any atom is -0.383 e. The van der Waals surface area contributed by atoms with Crippen LogP contribution >= 0.6 is 0 Å². The lowest BCUT2D eigenvalue weighted by Gasteiger charge is -2.31. The number of anilines is 2. The van der Waals surface area contributed by atoms with Gasteiger partial charge in [0.2, 0.25) is 0 Å². The first-order chi connectivity index (χ1) is 13.6. The van der Waals surface area contributed by atoms with E-state index in [9.17, 15) is 13.2 Å². The van der Waals surface area contributed by atoms with Gasteiger partial charge < -0.3 is 10.6 Å². The van der Waals surface area contributed by atoms with Crippen LogP contribution in [0.5, 0.6) is 0 Å². The first-order valence-electron chi connectivity index (χ1n) is 9.94. The van der Waals surface area contributed by atoms with Crippen LogP contribution in [0.15, 0.2) is 36.5 Å². The van der Waals surface area contributed by atoms with Gasteiger partial charge >= 0.3 is 6.18 Å². The molecule has 160 valence electrons. The van der Waals surface area contributed by atoms with E-state index in [-0.39, 0.29) is 0 Å². The van der Waals surface area contributed by atoms with Crippen molar-refractivity contribution in [1.29, 1.82) is 0 Å². The summed E-state index contributed by atoms with van der Waals surface area (Å²) in [6.07, 6.45) is -2.70. The quantitative estimate of drug-likeness (QED) is 0.571. The van der Waals surface area contributed by atoms with Crippen molar-refractivity contribution >= 4 is 11.5 Å². The summed E-state index contributed by atoms with van der Waals surface area (Å²) >= 11 is 0. The van der Waals surface area contributed by atoms with Crippen molar-refractivity contribution < 1.29 is 13.2 Å². The van der Waals surface area contributed by atoms with Crippen molar-refractivity contribution in [3.63, 3.8) is 0 Å². The lowest BCUT2D eigenvalue weighted by Crippen LogP contribution is -2.40. The average Bonchev–Trinajstić information content (AvgIpc) is 2.63. The molecule has 0 atom stereocenters. The van der Waals surface area contributed by atoms with Gasteiger partial charge in [0.25, 0.3) is 0 Å². The Balaban J connectivity index is 2.22. The molecule has 29 heavy (non-hydrogen) atoms. The number of rotatable bonds is 9. The molecule has 7 heteroatoms. The highest BCUT2D eigenvalue weighted by Gasteiger charge is 2.31. The van der Waals surface area contributed by atoms with Gasteiger partial charge in [0.1, 0.15) is 5.82 Å². The lowest BCUT2D eigenvalue weighted by molar-refractivity contribution is -0.137. The van der Waals surface area contributed by atoms with Gasteiger partial charge in [-0.1, -0.05) is 6.07 Å². The van der Waals surface area contributed by atoms with Crippen LogP contribution in [0.3, 0.4) is 0 Å². The van der Waals surface area contributed by atoms with Gasteiger partial charge in [-0.05, 0) is 70.0 Å². The van der Waals surface area contributed by atoms with Crippen molar-refractivity contribution in [2.24, 2.45) is 0 Å². The van der Waals surface area contributed by atoms with Crippen molar-refractivity contribution in [2.45, 2.75) is 59.4 Å². The minimum absolute atomic E-state index is 0.366. The largest absolute Gasteiger partial charge is 0.416 e. The number of pyridine rings is 1. The highest BCUT2D eigenvalue weighted by Crippen LogP contribution is 2.34. The van der Waals surface area contributed by atoms with Gasteiger partial charge in [0.05, 0.1) is 5.56 Å². The Morgan fingerprint density at radius 1 is 1.03 bits per heavy atom. The molecule has 0 bridgehead atoms. The van der Waals surface area contributed by atoms with E-state index in [0.717, 1.165) is 12.1 Å². The van der Waals surface area contributed by atoms with Gasteiger partial charge in [-0.15, -0.1) is 0 Å². The van der Waals surface area contributed by atoms with Crippen LogP contribution in [0, 0.1) is 6.92 Å². The molecule has 1 heterocycles. The van der Waals surface area contributed by atoms with E-state index in [1.807, 2.05) is 18.2 Å². The fraction of sp³-hybridized carbons (Fsp3) is 0.500. The van der Waals surface area contributed by atoms with Crippen LogP contribution in [-0.2, 0) is 12.7 Å². The lowest BCUT2D eigenvalue weighted by atomic mass is 10.0. The number of alkyl halides is 3. The molecule has 0 aliphatic rings. The van der Waals surface area contributed by atoms with E-state index in [0.29, 0.717) is 42.2 Å². The van der Waals surface area contributed by atoms with Crippen LogP contribution in [0.2, 0.25) is 0 Å². The predicted molar refractivity (Wildman–Crippen MR) is 113 cm³/mol. The summed E-state index contributed by atoms with van der Waals surface area (Å²) in [7, 11) is 0. The van der Waals surface area contributed by atoms with E-state index in [4.69, 9.17) is 0 Å². The molecule has 0 unspecified atom stereocenters. The Bertz CT molecular complexity index is 766. The standard InChI is InChI=1S/C22H31F3N4/c1-15(2)29(16(3)4)11-10-26-20-13-18(22(23,24)25)12-17(5)19(20)14-28-21-8-6-7-9-27-21/h6-9,12-13,15-16,26H,10-11,14H2,1-5H3,(H,27,28). The fourth-order valence-corrected chi connectivity index (χ4v) is 3.45. The van der Waals surface area contributed by atoms with Crippen molar-refractivity contribution in [3.8, 4) is 0 Å². The molecule has 0 saturated carbocycles. The normalized spacial score (nSPS) is 12.1. The molecule has 2 N–H and O–H groups in total. The fourth-order valence-electron chi connectivity index (χ4n) is 3.45. The summed E-state index contributed by atoms with van der Waals surface area (Å²) in [5, 5.41) is 6.43. The zero-order chi connectivity index (χ0) is 21.6. The second-order valence-electron chi connectivity index (χ2n) is 7.74. The topological polar surface area (TPSA) is 40.2 Å². The van der Waals surface area contributed by atoms with Crippen LogP contribution in [0.1, 0.15) is 44.4 Å². The summed E-state index contributed by atoms with van der Waals surface area (Å²) in [5.41, 5.74) is 1.27. The maximum atomic E-state index is 13.3. The molecule has 2 aromatic rings. The molecule has 0 fully saturated rings. The predicted octanol–water partition coefficient (Wildman–Crippen LogP) is 5.55. The van der Waals surface area contributed by atoms with Crippen molar-refractivity contribution in [2.75, 3.05) is 23.7 Å². The zero-order valence-corrected chi connectivity index (χ0v) is 17.8. The summed E-state index contributed by atoms with van der Waals surface area (Å²) < 4.78 is 40.0. The Hall–Kier alpha value is -2.28. The average molecular weight is 409 g/mol. The number of nitrogens with one attached hydrogen (secondary N) is 2. The Morgan fingerprint density at radius 2 is 1.72 bits per heavy atom. The highest BCUT2D eigenvalue weighted by atomic mass is 19.4. The smallest absolute Gasteiger partial charge is 0.383 e. The molecule has 0 amide bonds. The third-order valence-corrected chi connectivity index (χ3v) is 4.92. The molecule has 1 aromatic heterocycles. The molecule has 4 nitrogen and oxygen atoms in total. The van der Waals surface area contributed by atoms with E-state index >= 15 is 0 Å².